The van der Waals surface area contributed by atoms with E-state index in [9.17, 15) is 5.11 Å². The van der Waals surface area contributed by atoms with Crippen LogP contribution in [0.2, 0.25) is 0 Å². The van der Waals surface area contributed by atoms with Crippen LogP contribution >= 0.6 is 0 Å². The normalized spacial score (nSPS) is 17.1. The van der Waals surface area contributed by atoms with E-state index in [1.807, 2.05) is 12.1 Å². The molecular weight excluding hydrogens is 252 g/mol. The highest BCUT2D eigenvalue weighted by Crippen LogP contribution is 2.22. The van der Waals surface area contributed by atoms with Crippen molar-refractivity contribution in [3.63, 3.8) is 0 Å². The average Bonchev–Trinajstić information content (AvgIpc) is 2.69. The zero-order chi connectivity index (χ0) is 14.2. The Bertz CT molecular complexity index is 398. The SMILES string of the molecule is CCCNC(CO)CCN1CCOc2ccccc2C1. The van der Waals surface area contributed by atoms with Gasteiger partial charge in [-0.25, -0.2) is 0 Å². The van der Waals surface area contributed by atoms with Gasteiger partial charge in [-0.1, -0.05) is 25.1 Å². The van der Waals surface area contributed by atoms with E-state index in [0.29, 0.717) is 0 Å². The molecule has 4 nitrogen and oxygen atoms in total. The Morgan fingerprint density at radius 3 is 3.05 bits per heavy atom. The van der Waals surface area contributed by atoms with Crippen LogP contribution in [0.5, 0.6) is 5.75 Å². The molecule has 1 aliphatic heterocycles. The number of nitrogens with one attached hydrogen (secondary N) is 1. The fraction of sp³-hybridized carbons (Fsp3) is 0.625. The van der Waals surface area contributed by atoms with Gasteiger partial charge in [0.1, 0.15) is 12.4 Å². The molecule has 1 aromatic carbocycles. The van der Waals surface area contributed by atoms with Crippen LogP contribution in [0.4, 0.5) is 0 Å². The third-order valence-corrected chi connectivity index (χ3v) is 3.73. The van der Waals surface area contributed by atoms with E-state index in [-0.39, 0.29) is 12.6 Å². The number of hydrogen-bond donors (Lipinski definition) is 2. The second kappa shape index (κ2) is 8.25. The lowest BCUT2D eigenvalue weighted by Crippen LogP contribution is -2.37. The number of fused-ring (bicyclic) bond motifs is 1. The minimum absolute atomic E-state index is 0.203. The van der Waals surface area contributed by atoms with Gasteiger partial charge in [0.25, 0.3) is 0 Å². The number of ether oxygens (including phenoxy) is 1. The molecule has 2 N–H and O–H groups in total. The van der Waals surface area contributed by atoms with Crippen molar-refractivity contribution in [2.75, 3.05) is 32.8 Å². The Labute approximate surface area is 121 Å². The summed E-state index contributed by atoms with van der Waals surface area (Å²) in [6.45, 7) is 6.92. The first-order valence-electron chi connectivity index (χ1n) is 7.60. The molecule has 0 aromatic heterocycles. The first-order valence-corrected chi connectivity index (χ1v) is 7.60. The minimum Gasteiger partial charge on any atom is -0.492 e. The van der Waals surface area contributed by atoms with E-state index in [1.54, 1.807) is 0 Å². The van der Waals surface area contributed by atoms with Crippen LogP contribution in [0, 0.1) is 0 Å². The third-order valence-electron chi connectivity index (χ3n) is 3.73. The van der Waals surface area contributed by atoms with Gasteiger partial charge in [0.15, 0.2) is 0 Å². The molecule has 112 valence electrons. The van der Waals surface area contributed by atoms with Crippen LogP contribution < -0.4 is 10.1 Å². The highest BCUT2D eigenvalue weighted by atomic mass is 16.5. The molecule has 0 aliphatic carbocycles. The second-order valence-electron chi connectivity index (χ2n) is 5.35. The van der Waals surface area contributed by atoms with Crippen molar-refractivity contribution in [3.05, 3.63) is 29.8 Å². The lowest BCUT2D eigenvalue weighted by atomic mass is 10.1. The maximum atomic E-state index is 9.39. The summed E-state index contributed by atoms with van der Waals surface area (Å²) >= 11 is 0. The summed E-state index contributed by atoms with van der Waals surface area (Å²) in [4.78, 5) is 2.40. The number of aliphatic hydroxyl groups is 1. The number of hydrogen-bond acceptors (Lipinski definition) is 4. The van der Waals surface area contributed by atoms with E-state index in [2.05, 4.69) is 29.3 Å². The van der Waals surface area contributed by atoms with Gasteiger partial charge in [0.05, 0.1) is 6.61 Å². The minimum atomic E-state index is 0.203. The van der Waals surface area contributed by atoms with Crippen molar-refractivity contribution in [2.24, 2.45) is 0 Å². The van der Waals surface area contributed by atoms with Crippen LogP contribution in [0.25, 0.3) is 0 Å². The van der Waals surface area contributed by atoms with Gasteiger partial charge in [0, 0.05) is 31.2 Å². The molecule has 0 spiro atoms. The number of benzene rings is 1. The first kappa shape index (κ1) is 15.3. The largest absolute Gasteiger partial charge is 0.492 e. The van der Waals surface area contributed by atoms with Gasteiger partial charge < -0.3 is 15.2 Å². The lowest BCUT2D eigenvalue weighted by molar-refractivity contribution is 0.190. The molecule has 1 heterocycles. The van der Waals surface area contributed by atoms with Crippen LogP contribution in [-0.2, 0) is 6.54 Å². The molecule has 1 aromatic rings. The second-order valence-corrected chi connectivity index (χ2v) is 5.35. The van der Waals surface area contributed by atoms with Crippen molar-refractivity contribution < 1.29 is 9.84 Å². The molecule has 0 saturated heterocycles. The van der Waals surface area contributed by atoms with E-state index >= 15 is 0 Å². The molecule has 2 rings (SSSR count). The molecule has 1 aliphatic rings. The highest BCUT2D eigenvalue weighted by molar-refractivity contribution is 5.33. The zero-order valence-corrected chi connectivity index (χ0v) is 12.3. The summed E-state index contributed by atoms with van der Waals surface area (Å²) in [5.41, 5.74) is 1.26. The van der Waals surface area contributed by atoms with Gasteiger partial charge in [-0.3, -0.25) is 4.90 Å². The quantitative estimate of drug-likeness (QED) is 0.796. The number of rotatable bonds is 7. The van der Waals surface area contributed by atoms with Crippen molar-refractivity contribution in [2.45, 2.75) is 32.4 Å². The molecule has 1 unspecified atom stereocenters. The van der Waals surface area contributed by atoms with Crippen LogP contribution in [0.15, 0.2) is 24.3 Å². The summed E-state index contributed by atoms with van der Waals surface area (Å²) in [6.07, 6.45) is 2.07. The highest BCUT2D eigenvalue weighted by Gasteiger charge is 2.16. The summed E-state index contributed by atoms with van der Waals surface area (Å²) in [7, 11) is 0. The summed E-state index contributed by atoms with van der Waals surface area (Å²) in [6, 6.07) is 8.45. The monoisotopic (exact) mass is 278 g/mol. The van der Waals surface area contributed by atoms with E-state index < -0.39 is 0 Å². The molecule has 0 radical (unpaired) electrons. The van der Waals surface area contributed by atoms with Gasteiger partial charge >= 0.3 is 0 Å². The predicted octanol–water partition coefficient (Wildman–Crippen LogP) is 1.63. The van der Waals surface area contributed by atoms with Gasteiger partial charge in [-0.05, 0) is 25.5 Å². The molecule has 20 heavy (non-hydrogen) atoms. The third kappa shape index (κ3) is 4.47. The van der Waals surface area contributed by atoms with Crippen LogP contribution in [0.3, 0.4) is 0 Å². The van der Waals surface area contributed by atoms with E-state index in [1.165, 1.54) is 5.56 Å². The maximum absolute atomic E-state index is 9.39. The Morgan fingerprint density at radius 2 is 2.25 bits per heavy atom. The zero-order valence-electron chi connectivity index (χ0n) is 12.3. The fourth-order valence-electron chi connectivity index (χ4n) is 2.52. The molecule has 0 bridgehead atoms. The van der Waals surface area contributed by atoms with Gasteiger partial charge in [-0.2, -0.15) is 0 Å². The number of aliphatic hydroxyl groups excluding tert-OH is 1. The first-order chi connectivity index (χ1) is 9.83. The summed E-state index contributed by atoms with van der Waals surface area (Å²) in [5.74, 6) is 1.01. The molecule has 0 saturated carbocycles. The number of nitrogens with zero attached hydrogens (tertiary/aromatic N) is 1. The van der Waals surface area contributed by atoms with Crippen molar-refractivity contribution >= 4 is 0 Å². The lowest BCUT2D eigenvalue weighted by Gasteiger charge is -2.23. The summed E-state index contributed by atoms with van der Waals surface area (Å²) < 4.78 is 5.77. The smallest absolute Gasteiger partial charge is 0.123 e. The average molecular weight is 278 g/mol. The Hall–Kier alpha value is -1.10. The predicted molar refractivity (Wildman–Crippen MR) is 81.0 cm³/mol. The Kier molecular flexibility index (Phi) is 6.30. The Balaban J connectivity index is 1.84. The van der Waals surface area contributed by atoms with Crippen LogP contribution in [-0.4, -0.2) is 48.9 Å². The molecule has 0 amide bonds. The van der Waals surface area contributed by atoms with E-state index in [0.717, 1.165) is 51.4 Å². The molecule has 4 heteroatoms. The fourth-order valence-corrected chi connectivity index (χ4v) is 2.52. The number of para-hydroxylation sites is 1. The van der Waals surface area contributed by atoms with Crippen molar-refractivity contribution in [1.29, 1.82) is 0 Å². The molecule has 1 atom stereocenters. The molecule has 0 fully saturated rings. The van der Waals surface area contributed by atoms with Gasteiger partial charge in [-0.15, -0.1) is 0 Å². The van der Waals surface area contributed by atoms with Crippen molar-refractivity contribution in [1.82, 2.24) is 10.2 Å². The molecular formula is C16H26N2O2. The topological polar surface area (TPSA) is 44.7 Å². The van der Waals surface area contributed by atoms with Gasteiger partial charge in [0.2, 0.25) is 0 Å². The van der Waals surface area contributed by atoms with Crippen LogP contribution in [0.1, 0.15) is 25.3 Å². The standard InChI is InChI=1S/C16H26N2O2/c1-2-8-17-15(13-19)7-9-18-10-11-20-16-6-4-3-5-14(16)12-18/h3-6,15,17,19H,2,7-13H2,1H3. The summed E-state index contributed by atoms with van der Waals surface area (Å²) in [5, 5.41) is 12.8. The maximum Gasteiger partial charge on any atom is 0.123 e. The Morgan fingerprint density at radius 1 is 1.40 bits per heavy atom. The van der Waals surface area contributed by atoms with E-state index in [4.69, 9.17) is 4.74 Å². The van der Waals surface area contributed by atoms with Crippen molar-refractivity contribution in [3.8, 4) is 5.75 Å².